The Labute approximate surface area is 208 Å². The van der Waals surface area contributed by atoms with E-state index in [0.29, 0.717) is 17.8 Å². The number of fused-ring (bicyclic) bond motifs is 2. The Morgan fingerprint density at radius 3 is 2.54 bits per heavy atom. The number of benzene rings is 1. The van der Waals surface area contributed by atoms with Crippen molar-refractivity contribution in [2.75, 3.05) is 25.9 Å². The summed E-state index contributed by atoms with van der Waals surface area (Å²) in [6.07, 6.45) is 10.3. The molecule has 1 unspecified atom stereocenters. The van der Waals surface area contributed by atoms with Crippen LogP contribution in [0, 0.1) is 17.8 Å². The second kappa shape index (κ2) is 9.21. The summed E-state index contributed by atoms with van der Waals surface area (Å²) >= 11 is 0. The number of amides is 2. The van der Waals surface area contributed by atoms with Crippen molar-refractivity contribution in [3.8, 4) is 0 Å². The molecule has 188 valence electrons. The summed E-state index contributed by atoms with van der Waals surface area (Å²) in [6, 6.07) is 7.20. The van der Waals surface area contributed by atoms with E-state index in [-0.39, 0.29) is 11.8 Å². The van der Waals surface area contributed by atoms with Gasteiger partial charge in [-0.2, -0.15) is 0 Å². The summed E-state index contributed by atoms with van der Waals surface area (Å²) in [6.45, 7) is 7.10. The van der Waals surface area contributed by atoms with E-state index in [4.69, 9.17) is 0 Å². The maximum absolute atomic E-state index is 13.5. The van der Waals surface area contributed by atoms with Crippen molar-refractivity contribution in [3.05, 3.63) is 58.8 Å². The van der Waals surface area contributed by atoms with E-state index in [1.54, 1.807) is 16.5 Å². The van der Waals surface area contributed by atoms with Gasteiger partial charge in [-0.15, -0.1) is 0 Å². The van der Waals surface area contributed by atoms with Gasteiger partial charge < -0.3 is 4.90 Å². The third-order valence-corrected chi connectivity index (χ3v) is 9.06. The van der Waals surface area contributed by atoms with E-state index in [1.807, 2.05) is 38.1 Å². The van der Waals surface area contributed by atoms with Crippen LogP contribution in [0.25, 0.3) is 0 Å². The minimum absolute atomic E-state index is 0.0955. The molecule has 3 heterocycles. The normalized spacial score (nSPS) is 27.1. The number of carbonyl (C=O) groups excluding carboxylic acids is 2. The van der Waals surface area contributed by atoms with Crippen LogP contribution >= 0.6 is 0 Å². The quantitative estimate of drug-likeness (QED) is 0.583. The Balaban J connectivity index is 1.29. The van der Waals surface area contributed by atoms with Gasteiger partial charge in [0.25, 0.3) is 5.91 Å². The topological polar surface area (TPSA) is 78.0 Å². The van der Waals surface area contributed by atoms with Crippen LogP contribution in [0.3, 0.4) is 0 Å². The lowest BCUT2D eigenvalue weighted by atomic mass is 9.82. The Morgan fingerprint density at radius 1 is 1.11 bits per heavy atom. The Hall–Kier alpha value is -2.45. The van der Waals surface area contributed by atoms with Gasteiger partial charge in [0.1, 0.15) is 0 Å². The molecule has 1 aliphatic carbocycles. The van der Waals surface area contributed by atoms with Crippen LogP contribution in [0.15, 0.2) is 47.7 Å². The molecule has 0 bridgehead atoms. The lowest BCUT2D eigenvalue weighted by molar-refractivity contribution is -0.128. The number of nitrogens with zero attached hydrogens (tertiary/aromatic N) is 3. The van der Waals surface area contributed by atoms with E-state index in [9.17, 15) is 18.0 Å². The van der Waals surface area contributed by atoms with Gasteiger partial charge >= 0.3 is 0 Å². The highest BCUT2D eigenvalue weighted by Gasteiger charge is 2.54. The van der Waals surface area contributed by atoms with Gasteiger partial charge in [0, 0.05) is 25.2 Å². The molecule has 8 heteroatoms. The molecular formula is C27H35N3O4S. The van der Waals surface area contributed by atoms with E-state index in [1.165, 1.54) is 31.2 Å². The Morgan fingerprint density at radius 2 is 1.86 bits per heavy atom. The average Bonchev–Trinajstić information content (AvgIpc) is 3.35. The maximum atomic E-state index is 13.5. The van der Waals surface area contributed by atoms with Crippen molar-refractivity contribution in [1.82, 2.24) is 14.1 Å². The van der Waals surface area contributed by atoms with Gasteiger partial charge in [0.2, 0.25) is 15.9 Å². The van der Waals surface area contributed by atoms with Crippen molar-refractivity contribution in [2.24, 2.45) is 17.8 Å². The molecule has 4 aliphatic rings. The Kier molecular flexibility index (Phi) is 6.38. The summed E-state index contributed by atoms with van der Waals surface area (Å²) in [5, 5.41) is 0. The fraction of sp³-hybridized carbons (Fsp3) is 0.556. The summed E-state index contributed by atoms with van der Waals surface area (Å²) in [5.74, 6) is -0.506. The molecule has 2 fully saturated rings. The van der Waals surface area contributed by atoms with Crippen LogP contribution in [-0.4, -0.2) is 66.3 Å². The van der Waals surface area contributed by atoms with Crippen molar-refractivity contribution in [2.45, 2.75) is 52.1 Å². The highest BCUT2D eigenvalue weighted by molar-refractivity contribution is 7.89. The SMILES string of the molecule is CC(C)[C@H]1C(=O)N(S(C)(=O)=O)C2=CCN(C(=O)c3ccc(CN4CCC5CCCC=C5C4)cc3)[C@@H]21. The standard InChI is InChI=1S/C27H35N3O4S/c1-18(2)24-25-23(30(27(24)32)35(3,33)34)13-15-29(25)26(31)21-10-8-19(9-11-21)16-28-14-12-20-6-4-5-7-22(20)17-28/h7-11,13,18,20,24-25H,4-6,12,14-17H2,1-3H3/t20?,24-,25+/m1/s1. The lowest BCUT2D eigenvalue weighted by Crippen LogP contribution is -2.43. The zero-order chi connectivity index (χ0) is 24.9. The molecule has 1 aromatic carbocycles. The number of allylic oxidation sites excluding steroid dienone is 1. The molecule has 2 saturated heterocycles. The average molecular weight is 498 g/mol. The summed E-state index contributed by atoms with van der Waals surface area (Å²) in [5.41, 5.74) is 3.75. The fourth-order valence-corrected chi connectivity index (χ4v) is 7.31. The number of hydrogen-bond acceptors (Lipinski definition) is 5. The van der Waals surface area contributed by atoms with Gasteiger partial charge in [-0.05, 0) is 67.8 Å². The number of sulfonamides is 1. The number of piperidine rings is 1. The van der Waals surface area contributed by atoms with E-state index >= 15 is 0 Å². The van der Waals surface area contributed by atoms with Crippen LogP contribution in [0.1, 0.15) is 55.5 Å². The molecule has 2 amide bonds. The van der Waals surface area contributed by atoms with Gasteiger partial charge in [-0.1, -0.05) is 37.6 Å². The van der Waals surface area contributed by atoms with Crippen molar-refractivity contribution < 1.29 is 18.0 Å². The molecule has 3 aliphatic heterocycles. The first-order valence-electron chi connectivity index (χ1n) is 12.7. The second-order valence-electron chi connectivity index (χ2n) is 10.8. The zero-order valence-electron chi connectivity index (χ0n) is 20.8. The van der Waals surface area contributed by atoms with Gasteiger partial charge in [-0.3, -0.25) is 14.5 Å². The van der Waals surface area contributed by atoms with Crippen LogP contribution < -0.4 is 0 Å². The summed E-state index contributed by atoms with van der Waals surface area (Å²) in [7, 11) is -3.74. The highest BCUT2D eigenvalue weighted by atomic mass is 32.2. The maximum Gasteiger partial charge on any atom is 0.254 e. The first-order chi connectivity index (χ1) is 16.6. The smallest absolute Gasteiger partial charge is 0.254 e. The van der Waals surface area contributed by atoms with E-state index < -0.39 is 27.9 Å². The molecule has 0 spiro atoms. The lowest BCUT2D eigenvalue weighted by Gasteiger charge is -2.36. The van der Waals surface area contributed by atoms with Crippen LogP contribution in [0.2, 0.25) is 0 Å². The van der Waals surface area contributed by atoms with E-state index in [2.05, 4.69) is 11.0 Å². The van der Waals surface area contributed by atoms with Crippen molar-refractivity contribution >= 4 is 21.8 Å². The van der Waals surface area contributed by atoms with Gasteiger partial charge in [0.05, 0.1) is 23.9 Å². The highest BCUT2D eigenvalue weighted by Crippen LogP contribution is 2.42. The monoisotopic (exact) mass is 497 g/mol. The van der Waals surface area contributed by atoms with Gasteiger partial charge in [-0.25, -0.2) is 12.7 Å². The second-order valence-corrected chi connectivity index (χ2v) is 12.6. The van der Waals surface area contributed by atoms with Crippen molar-refractivity contribution in [3.63, 3.8) is 0 Å². The fourth-order valence-electron chi connectivity index (χ4n) is 6.29. The van der Waals surface area contributed by atoms with E-state index in [0.717, 1.165) is 36.1 Å². The number of likely N-dealkylation sites (tertiary alicyclic amines) is 1. The predicted molar refractivity (Wildman–Crippen MR) is 135 cm³/mol. The predicted octanol–water partition coefficient (Wildman–Crippen LogP) is 3.40. The molecule has 0 aromatic heterocycles. The Bertz CT molecular complexity index is 1190. The first kappa shape index (κ1) is 24.3. The summed E-state index contributed by atoms with van der Waals surface area (Å²) in [4.78, 5) is 30.6. The molecule has 1 aromatic rings. The summed E-state index contributed by atoms with van der Waals surface area (Å²) < 4.78 is 25.6. The molecule has 0 N–H and O–H groups in total. The van der Waals surface area contributed by atoms with Crippen LogP contribution in [0.4, 0.5) is 0 Å². The molecular weight excluding hydrogens is 462 g/mol. The van der Waals surface area contributed by atoms with Crippen LogP contribution in [0.5, 0.6) is 0 Å². The number of carbonyl (C=O) groups is 2. The third-order valence-electron chi connectivity index (χ3n) is 8.00. The molecule has 0 radical (unpaired) electrons. The third kappa shape index (κ3) is 4.47. The molecule has 0 saturated carbocycles. The number of rotatable bonds is 5. The van der Waals surface area contributed by atoms with Crippen LogP contribution in [-0.2, 0) is 21.4 Å². The van der Waals surface area contributed by atoms with Crippen molar-refractivity contribution in [1.29, 1.82) is 0 Å². The minimum Gasteiger partial charge on any atom is -0.325 e. The zero-order valence-corrected chi connectivity index (χ0v) is 21.6. The minimum atomic E-state index is -3.74. The molecule has 35 heavy (non-hydrogen) atoms. The molecule has 7 nitrogen and oxygen atoms in total. The number of hydrogen-bond donors (Lipinski definition) is 0. The molecule has 3 atom stereocenters. The molecule has 5 rings (SSSR count). The largest absolute Gasteiger partial charge is 0.325 e. The van der Waals surface area contributed by atoms with Gasteiger partial charge in [0.15, 0.2) is 0 Å². The first-order valence-corrected chi connectivity index (χ1v) is 14.6.